The molecule has 1 aliphatic rings. The molecule has 0 aliphatic carbocycles. The average Bonchev–Trinajstić information content (AvgIpc) is 3.59. The zero-order chi connectivity index (χ0) is 23.8. The Morgan fingerprint density at radius 3 is 2.44 bits per heavy atom. The third-order valence-corrected chi connectivity index (χ3v) is 7.07. The Hall–Kier alpha value is -3.16. The first-order valence-electron chi connectivity index (χ1n) is 11.7. The summed E-state index contributed by atoms with van der Waals surface area (Å²) in [6.07, 6.45) is 2.72. The maximum Gasteiger partial charge on any atom is 0.262 e. The molecule has 0 radical (unpaired) electrons. The molecule has 7 heteroatoms. The fraction of sp³-hybridized carbons (Fsp3) is 0.333. The van der Waals surface area contributed by atoms with Crippen molar-refractivity contribution in [2.45, 2.75) is 31.3 Å². The molecule has 0 saturated carbocycles. The molecular weight excluding hydrogens is 446 g/mol. The molecule has 2 amide bonds. The van der Waals surface area contributed by atoms with Crippen LogP contribution in [-0.4, -0.2) is 49.5 Å². The number of hydrogen-bond acceptors (Lipinski definition) is 5. The Morgan fingerprint density at radius 2 is 1.74 bits per heavy atom. The highest BCUT2D eigenvalue weighted by Gasteiger charge is 2.28. The van der Waals surface area contributed by atoms with Crippen LogP contribution in [0.4, 0.5) is 0 Å². The van der Waals surface area contributed by atoms with Crippen LogP contribution < -0.4 is 15.4 Å². The number of amides is 2. The molecular formula is C27H31N3O3S. The number of hydrogen-bond donors (Lipinski definition) is 2. The lowest BCUT2D eigenvalue weighted by molar-refractivity contribution is -0.123. The number of carbonyl (C=O) groups is 2. The Balaban J connectivity index is 1.50. The molecule has 0 spiro atoms. The van der Waals surface area contributed by atoms with Crippen LogP contribution in [0.3, 0.4) is 0 Å². The normalized spacial score (nSPS) is 15.4. The first-order valence-corrected chi connectivity index (χ1v) is 12.6. The third-order valence-electron chi connectivity index (χ3n) is 6.20. The fourth-order valence-corrected chi connectivity index (χ4v) is 5.07. The first kappa shape index (κ1) is 24.0. The number of para-hydroxylation sites is 1. The van der Waals surface area contributed by atoms with E-state index in [2.05, 4.69) is 21.6 Å². The van der Waals surface area contributed by atoms with Gasteiger partial charge in [0.05, 0.1) is 18.0 Å². The summed E-state index contributed by atoms with van der Waals surface area (Å²) >= 11 is 1.36. The topological polar surface area (TPSA) is 70.7 Å². The summed E-state index contributed by atoms with van der Waals surface area (Å²) in [7, 11) is 1.68. The van der Waals surface area contributed by atoms with Crippen LogP contribution in [0.5, 0.6) is 5.75 Å². The van der Waals surface area contributed by atoms with Gasteiger partial charge in [0.25, 0.3) is 5.91 Å². The molecule has 34 heavy (non-hydrogen) atoms. The Bertz CT molecular complexity index is 1070. The predicted octanol–water partition coefficient (Wildman–Crippen LogP) is 4.05. The van der Waals surface area contributed by atoms with Crippen molar-refractivity contribution >= 4 is 23.2 Å². The second kappa shape index (κ2) is 11.8. The molecule has 2 atom stereocenters. The van der Waals surface area contributed by atoms with Crippen molar-refractivity contribution < 1.29 is 14.3 Å². The predicted molar refractivity (Wildman–Crippen MR) is 135 cm³/mol. The van der Waals surface area contributed by atoms with Gasteiger partial charge in [0.1, 0.15) is 11.8 Å². The minimum absolute atomic E-state index is 0.00738. The summed E-state index contributed by atoms with van der Waals surface area (Å²) in [5, 5.41) is 7.93. The maximum absolute atomic E-state index is 13.4. The molecule has 4 rings (SSSR count). The van der Waals surface area contributed by atoms with Crippen molar-refractivity contribution in [3.63, 3.8) is 0 Å². The smallest absolute Gasteiger partial charge is 0.262 e. The lowest BCUT2D eigenvalue weighted by atomic mass is 10.0. The van der Waals surface area contributed by atoms with Crippen LogP contribution >= 0.6 is 11.3 Å². The van der Waals surface area contributed by atoms with Crippen molar-refractivity contribution in [3.8, 4) is 5.75 Å². The fourth-order valence-electron chi connectivity index (χ4n) is 4.45. The zero-order valence-corrected chi connectivity index (χ0v) is 20.2. The third kappa shape index (κ3) is 6.04. The second-order valence-electron chi connectivity index (χ2n) is 8.44. The van der Waals surface area contributed by atoms with Gasteiger partial charge in [0.2, 0.25) is 5.91 Å². The summed E-state index contributed by atoms with van der Waals surface area (Å²) in [6, 6.07) is 20.7. The van der Waals surface area contributed by atoms with Gasteiger partial charge in [-0.2, -0.15) is 0 Å². The van der Waals surface area contributed by atoms with E-state index in [0.717, 1.165) is 42.8 Å². The van der Waals surface area contributed by atoms with E-state index in [0.29, 0.717) is 17.8 Å². The van der Waals surface area contributed by atoms with E-state index < -0.39 is 6.04 Å². The minimum atomic E-state index is -0.672. The largest absolute Gasteiger partial charge is 0.496 e. The number of nitrogens with zero attached hydrogens (tertiary/aromatic N) is 1. The van der Waals surface area contributed by atoms with Gasteiger partial charge in [0, 0.05) is 18.5 Å². The van der Waals surface area contributed by atoms with Crippen molar-refractivity contribution in [2.24, 2.45) is 0 Å². The number of rotatable bonds is 10. The highest BCUT2D eigenvalue weighted by Crippen LogP contribution is 2.31. The van der Waals surface area contributed by atoms with Gasteiger partial charge in [-0.15, -0.1) is 11.3 Å². The Morgan fingerprint density at radius 1 is 1.00 bits per heavy atom. The summed E-state index contributed by atoms with van der Waals surface area (Å²) in [4.78, 5) is 29.1. The van der Waals surface area contributed by atoms with Gasteiger partial charge in [-0.25, -0.2) is 0 Å². The molecule has 178 valence electrons. The molecule has 1 aromatic heterocycles. The molecule has 2 aromatic carbocycles. The molecule has 0 unspecified atom stereocenters. The van der Waals surface area contributed by atoms with Gasteiger partial charge >= 0.3 is 0 Å². The van der Waals surface area contributed by atoms with Crippen molar-refractivity contribution in [3.05, 3.63) is 88.1 Å². The molecule has 6 nitrogen and oxygen atoms in total. The summed E-state index contributed by atoms with van der Waals surface area (Å²) in [5.41, 5.74) is 2.06. The minimum Gasteiger partial charge on any atom is -0.496 e. The van der Waals surface area contributed by atoms with E-state index in [9.17, 15) is 9.59 Å². The van der Waals surface area contributed by atoms with Crippen molar-refractivity contribution in [1.29, 1.82) is 0 Å². The lowest BCUT2D eigenvalue weighted by Crippen LogP contribution is -2.49. The summed E-state index contributed by atoms with van der Waals surface area (Å²) in [6.45, 7) is 2.42. The first-order chi connectivity index (χ1) is 16.7. The van der Waals surface area contributed by atoms with Crippen molar-refractivity contribution in [2.75, 3.05) is 26.7 Å². The highest BCUT2D eigenvalue weighted by atomic mass is 32.1. The SMILES string of the molecule is COc1ccccc1[C@@H](CNC(=O)[C@H](Cc1ccccc1)NC(=O)c1cccs1)N1CCCC1. The zero-order valence-electron chi connectivity index (χ0n) is 19.4. The molecule has 2 heterocycles. The molecule has 0 bridgehead atoms. The molecule has 1 aliphatic heterocycles. The molecule has 2 N–H and O–H groups in total. The van der Waals surface area contributed by atoms with Gasteiger partial charge in [-0.1, -0.05) is 54.6 Å². The van der Waals surface area contributed by atoms with Crippen LogP contribution in [0.15, 0.2) is 72.1 Å². The number of thiophene rings is 1. The Labute approximate surface area is 204 Å². The average molecular weight is 478 g/mol. The van der Waals surface area contributed by atoms with E-state index in [1.807, 2.05) is 60.0 Å². The highest BCUT2D eigenvalue weighted by molar-refractivity contribution is 7.12. The lowest BCUT2D eigenvalue weighted by Gasteiger charge is -2.30. The maximum atomic E-state index is 13.4. The van der Waals surface area contributed by atoms with Gasteiger partial charge in [0.15, 0.2) is 0 Å². The van der Waals surface area contributed by atoms with Gasteiger partial charge in [-0.05, 0) is 49.0 Å². The quantitative estimate of drug-likeness (QED) is 0.462. The number of nitrogens with one attached hydrogen (secondary N) is 2. The molecule has 1 fully saturated rings. The van der Waals surface area contributed by atoms with E-state index in [-0.39, 0.29) is 17.9 Å². The summed E-state index contributed by atoms with van der Waals surface area (Å²) in [5.74, 6) is 0.403. The van der Waals surface area contributed by atoms with Gasteiger partial charge in [-0.3, -0.25) is 14.5 Å². The molecule has 1 saturated heterocycles. The van der Waals surface area contributed by atoms with Crippen LogP contribution in [0.2, 0.25) is 0 Å². The number of benzene rings is 2. The number of likely N-dealkylation sites (tertiary alicyclic amines) is 1. The van der Waals surface area contributed by atoms with E-state index in [1.165, 1.54) is 11.3 Å². The van der Waals surface area contributed by atoms with Crippen LogP contribution in [0, 0.1) is 0 Å². The van der Waals surface area contributed by atoms with Crippen LogP contribution in [-0.2, 0) is 11.2 Å². The summed E-state index contributed by atoms with van der Waals surface area (Å²) < 4.78 is 5.62. The van der Waals surface area contributed by atoms with E-state index >= 15 is 0 Å². The Kier molecular flexibility index (Phi) is 8.33. The van der Waals surface area contributed by atoms with E-state index in [4.69, 9.17) is 4.74 Å². The van der Waals surface area contributed by atoms with Crippen LogP contribution in [0.25, 0.3) is 0 Å². The van der Waals surface area contributed by atoms with Gasteiger partial charge < -0.3 is 15.4 Å². The number of ether oxygens (including phenoxy) is 1. The van der Waals surface area contributed by atoms with E-state index in [1.54, 1.807) is 13.2 Å². The van der Waals surface area contributed by atoms with Crippen LogP contribution in [0.1, 0.15) is 39.7 Å². The molecule has 3 aromatic rings. The number of carbonyl (C=O) groups excluding carboxylic acids is 2. The standard InChI is InChI=1S/C27H31N3O3S/c1-33-24-13-6-5-12-21(24)23(30-15-7-8-16-30)19-28-26(31)22(18-20-10-3-2-4-11-20)29-27(32)25-14-9-17-34-25/h2-6,9-14,17,22-23H,7-8,15-16,18-19H2,1H3,(H,28,31)(H,29,32)/t22-,23+/m0/s1. The number of methoxy groups -OCH3 is 1. The monoisotopic (exact) mass is 477 g/mol. The second-order valence-corrected chi connectivity index (χ2v) is 9.39. The van der Waals surface area contributed by atoms with Crippen molar-refractivity contribution in [1.82, 2.24) is 15.5 Å².